The molecule has 8 nitrogen and oxygen atoms in total. The maximum atomic E-state index is 13.5. The highest BCUT2D eigenvalue weighted by molar-refractivity contribution is 5.97. The van der Waals surface area contributed by atoms with Crippen molar-refractivity contribution in [1.29, 1.82) is 0 Å². The summed E-state index contributed by atoms with van der Waals surface area (Å²) in [5.74, 6) is -0.0914. The predicted molar refractivity (Wildman–Crippen MR) is 137 cm³/mol. The van der Waals surface area contributed by atoms with Crippen molar-refractivity contribution in [2.45, 2.75) is 39.3 Å². The van der Waals surface area contributed by atoms with Crippen molar-refractivity contribution in [2.75, 3.05) is 33.3 Å². The summed E-state index contributed by atoms with van der Waals surface area (Å²) >= 11 is 0. The summed E-state index contributed by atoms with van der Waals surface area (Å²) in [7, 11) is 1.73. The molecule has 1 aliphatic rings. The van der Waals surface area contributed by atoms with Crippen LogP contribution in [0.4, 0.5) is 4.79 Å². The van der Waals surface area contributed by atoms with Crippen LogP contribution in [-0.2, 0) is 0 Å². The number of pyridine rings is 1. The lowest BCUT2D eigenvalue weighted by Gasteiger charge is -2.37. The van der Waals surface area contributed by atoms with Crippen LogP contribution in [0.5, 0.6) is 5.88 Å². The van der Waals surface area contributed by atoms with Gasteiger partial charge in [-0.25, -0.2) is 9.78 Å². The SMILES string of the molecule is CCCNC(=O)N(C)C[C@H]1Oc2ncc(/C=C/c3ccccc3)cc2C(=O)N([C@@H](C)CO)C[C@H]1C. The number of likely N-dealkylation sites (N-methyl/N-ethyl adjacent to an activating group) is 1. The summed E-state index contributed by atoms with van der Waals surface area (Å²) in [4.78, 5) is 33.7. The summed E-state index contributed by atoms with van der Waals surface area (Å²) in [5.41, 5.74) is 2.15. The lowest BCUT2D eigenvalue weighted by atomic mass is 10.00. The van der Waals surface area contributed by atoms with E-state index in [9.17, 15) is 14.7 Å². The van der Waals surface area contributed by atoms with E-state index in [-0.39, 0.29) is 42.5 Å². The van der Waals surface area contributed by atoms with Gasteiger partial charge in [0.2, 0.25) is 5.88 Å². The molecule has 35 heavy (non-hydrogen) atoms. The van der Waals surface area contributed by atoms with Crippen LogP contribution in [0.3, 0.4) is 0 Å². The Morgan fingerprint density at radius 1 is 1.31 bits per heavy atom. The molecule has 8 heteroatoms. The molecule has 0 saturated carbocycles. The Hall–Kier alpha value is -3.39. The maximum absolute atomic E-state index is 13.5. The number of carbonyl (C=O) groups is 2. The largest absolute Gasteiger partial charge is 0.472 e. The fourth-order valence-electron chi connectivity index (χ4n) is 3.90. The second kappa shape index (κ2) is 12.4. The number of rotatable bonds is 8. The molecule has 3 rings (SSSR count). The number of fused-ring (bicyclic) bond motifs is 1. The molecule has 0 radical (unpaired) electrons. The summed E-state index contributed by atoms with van der Waals surface area (Å²) < 4.78 is 6.26. The molecule has 0 fully saturated rings. The zero-order valence-electron chi connectivity index (χ0n) is 21.0. The molecule has 1 aromatic heterocycles. The van der Waals surface area contributed by atoms with E-state index in [1.165, 1.54) is 0 Å². The van der Waals surface area contributed by atoms with Crippen molar-refractivity contribution in [1.82, 2.24) is 20.1 Å². The number of hydrogen-bond donors (Lipinski definition) is 2. The average molecular weight is 481 g/mol. The van der Waals surface area contributed by atoms with Crippen LogP contribution in [-0.4, -0.2) is 77.3 Å². The molecular weight excluding hydrogens is 444 g/mol. The van der Waals surface area contributed by atoms with Crippen molar-refractivity contribution in [3.05, 3.63) is 59.3 Å². The molecule has 188 valence electrons. The number of aromatic nitrogens is 1. The molecule has 0 unspecified atom stereocenters. The molecule has 1 aromatic carbocycles. The van der Waals surface area contributed by atoms with Gasteiger partial charge < -0.3 is 25.0 Å². The van der Waals surface area contributed by atoms with E-state index >= 15 is 0 Å². The van der Waals surface area contributed by atoms with Crippen LogP contribution in [0.1, 0.15) is 48.7 Å². The molecular formula is C27H36N4O4. The van der Waals surface area contributed by atoms with E-state index in [4.69, 9.17) is 4.74 Å². The molecule has 1 aliphatic heterocycles. The molecule has 0 aliphatic carbocycles. The highest BCUT2D eigenvalue weighted by Crippen LogP contribution is 2.28. The van der Waals surface area contributed by atoms with Crippen molar-refractivity contribution < 1.29 is 19.4 Å². The van der Waals surface area contributed by atoms with Gasteiger partial charge in [-0.15, -0.1) is 0 Å². The van der Waals surface area contributed by atoms with Crippen LogP contribution in [0.2, 0.25) is 0 Å². The average Bonchev–Trinajstić information content (AvgIpc) is 2.88. The molecule has 0 saturated heterocycles. The Morgan fingerprint density at radius 2 is 2.03 bits per heavy atom. The summed E-state index contributed by atoms with van der Waals surface area (Å²) in [5, 5.41) is 12.7. The first kappa shape index (κ1) is 26.2. The van der Waals surface area contributed by atoms with Gasteiger partial charge in [-0.05, 0) is 30.5 Å². The first-order chi connectivity index (χ1) is 16.8. The summed E-state index contributed by atoms with van der Waals surface area (Å²) in [6.45, 7) is 6.97. The highest BCUT2D eigenvalue weighted by Gasteiger charge is 2.34. The van der Waals surface area contributed by atoms with Crippen LogP contribution in [0, 0.1) is 5.92 Å². The van der Waals surface area contributed by atoms with Crippen molar-refractivity contribution in [3.63, 3.8) is 0 Å². The lowest BCUT2D eigenvalue weighted by Crippen LogP contribution is -2.51. The zero-order chi connectivity index (χ0) is 25.4. The normalized spacial score (nSPS) is 18.9. The molecule has 3 atom stereocenters. The standard InChI is InChI=1S/C27H36N4O4/c1-5-13-28-27(34)30(4)17-24-19(2)16-31(20(3)18-32)26(33)23-14-22(15-29-25(23)35-24)12-11-21-9-7-6-8-10-21/h6-12,14-15,19-20,24,32H,5,13,16-18H2,1-4H3,(H,28,34)/b12-11+/t19-,20+,24-/m1/s1. The highest BCUT2D eigenvalue weighted by atomic mass is 16.5. The van der Waals surface area contributed by atoms with Gasteiger partial charge in [-0.2, -0.15) is 0 Å². The minimum atomic E-state index is -0.383. The third kappa shape index (κ3) is 6.82. The fraction of sp³-hybridized carbons (Fsp3) is 0.444. The Bertz CT molecular complexity index is 1030. The van der Waals surface area contributed by atoms with Crippen molar-refractivity contribution >= 4 is 24.1 Å². The number of aliphatic hydroxyl groups excluding tert-OH is 1. The minimum absolute atomic E-state index is 0.0954. The number of carbonyl (C=O) groups excluding carboxylic acids is 2. The smallest absolute Gasteiger partial charge is 0.317 e. The zero-order valence-corrected chi connectivity index (χ0v) is 21.0. The number of hydrogen-bond acceptors (Lipinski definition) is 5. The Labute approximate surface area is 207 Å². The molecule has 3 amide bonds. The van der Waals surface area contributed by atoms with Gasteiger partial charge in [0.15, 0.2) is 0 Å². The summed E-state index contributed by atoms with van der Waals surface area (Å²) in [6, 6.07) is 11.1. The first-order valence-corrected chi connectivity index (χ1v) is 12.1. The van der Waals surface area contributed by atoms with Crippen molar-refractivity contribution in [3.8, 4) is 5.88 Å². The number of ether oxygens (including phenoxy) is 1. The van der Waals surface area contributed by atoms with Gasteiger partial charge >= 0.3 is 6.03 Å². The van der Waals surface area contributed by atoms with Gasteiger partial charge in [0, 0.05) is 32.3 Å². The Balaban J connectivity index is 1.91. The number of amides is 3. The maximum Gasteiger partial charge on any atom is 0.317 e. The van der Waals surface area contributed by atoms with E-state index in [0.717, 1.165) is 17.5 Å². The van der Waals surface area contributed by atoms with Gasteiger partial charge in [0.05, 0.1) is 19.2 Å². The number of benzene rings is 1. The molecule has 0 bridgehead atoms. The molecule has 2 aromatic rings. The third-order valence-electron chi connectivity index (χ3n) is 6.14. The van der Waals surface area contributed by atoms with Gasteiger partial charge in [0.25, 0.3) is 5.91 Å². The molecule has 2 N–H and O–H groups in total. The number of aliphatic hydroxyl groups is 1. The van der Waals surface area contributed by atoms with E-state index in [2.05, 4.69) is 10.3 Å². The quantitative estimate of drug-likeness (QED) is 0.603. The second-order valence-corrected chi connectivity index (χ2v) is 9.10. The first-order valence-electron chi connectivity index (χ1n) is 12.1. The number of nitrogens with zero attached hydrogens (tertiary/aromatic N) is 3. The van der Waals surface area contributed by atoms with Crippen LogP contribution >= 0.6 is 0 Å². The number of nitrogens with one attached hydrogen (secondary N) is 1. The molecule has 2 heterocycles. The van der Waals surface area contributed by atoms with Crippen LogP contribution < -0.4 is 10.1 Å². The topological polar surface area (TPSA) is 95.0 Å². The third-order valence-corrected chi connectivity index (χ3v) is 6.14. The van der Waals surface area contributed by atoms with E-state index < -0.39 is 0 Å². The fourth-order valence-corrected chi connectivity index (χ4v) is 3.90. The van der Waals surface area contributed by atoms with E-state index in [1.807, 2.05) is 63.3 Å². The minimum Gasteiger partial charge on any atom is -0.472 e. The lowest BCUT2D eigenvalue weighted by molar-refractivity contribution is 0.0352. The van der Waals surface area contributed by atoms with Gasteiger partial charge in [-0.3, -0.25) is 4.79 Å². The van der Waals surface area contributed by atoms with E-state index in [0.29, 0.717) is 25.2 Å². The number of urea groups is 1. The monoisotopic (exact) mass is 480 g/mol. The van der Waals surface area contributed by atoms with Gasteiger partial charge in [0.1, 0.15) is 11.7 Å². The van der Waals surface area contributed by atoms with E-state index in [1.54, 1.807) is 29.1 Å². The van der Waals surface area contributed by atoms with Gasteiger partial charge in [-0.1, -0.05) is 56.3 Å². The Kier molecular flexibility index (Phi) is 9.25. The van der Waals surface area contributed by atoms with Crippen molar-refractivity contribution in [2.24, 2.45) is 5.92 Å². The Morgan fingerprint density at radius 3 is 2.71 bits per heavy atom. The predicted octanol–water partition coefficient (Wildman–Crippen LogP) is 3.52. The van der Waals surface area contributed by atoms with Crippen LogP contribution in [0.15, 0.2) is 42.6 Å². The summed E-state index contributed by atoms with van der Waals surface area (Å²) in [6.07, 6.45) is 6.00. The molecule has 0 spiro atoms. The van der Waals surface area contributed by atoms with Crippen LogP contribution in [0.25, 0.3) is 12.2 Å². The second-order valence-electron chi connectivity index (χ2n) is 9.10.